The third kappa shape index (κ3) is 1.27. The van der Waals surface area contributed by atoms with E-state index in [1.165, 1.54) is 0 Å². The zero-order valence-corrected chi connectivity index (χ0v) is 6.26. The van der Waals surface area contributed by atoms with Crippen molar-refractivity contribution in [3.63, 3.8) is 0 Å². The molecule has 0 amide bonds. The number of nitrogens with zero attached hydrogens (tertiary/aromatic N) is 2. The molecule has 0 saturated heterocycles. The molecule has 4 heteroatoms. The summed E-state index contributed by atoms with van der Waals surface area (Å²) in [5.74, 6) is 0.577. The fraction of sp³-hybridized carbons (Fsp3) is 0.500. The SMILES string of the molecule is CNCc1cc(N)nn1C. The molecule has 56 valence electrons. The summed E-state index contributed by atoms with van der Waals surface area (Å²) in [6, 6.07) is 1.86. The maximum atomic E-state index is 5.45. The predicted molar refractivity (Wildman–Crippen MR) is 40.4 cm³/mol. The van der Waals surface area contributed by atoms with Crippen LogP contribution < -0.4 is 11.1 Å². The minimum atomic E-state index is 0.577. The summed E-state index contributed by atoms with van der Waals surface area (Å²) < 4.78 is 1.77. The van der Waals surface area contributed by atoms with E-state index >= 15 is 0 Å². The minimum absolute atomic E-state index is 0.577. The molecule has 0 aliphatic carbocycles. The second-order valence-corrected chi connectivity index (χ2v) is 2.21. The number of nitrogen functional groups attached to an aromatic ring is 1. The second-order valence-electron chi connectivity index (χ2n) is 2.21. The van der Waals surface area contributed by atoms with Crippen molar-refractivity contribution in [2.45, 2.75) is 6.54 Å². The first kappa shape index (κ1) is 7.08. The summed E-state index contributed by atoms with van der Waals surface area (Å²) >= 11 is 0. The summed E-state index contributed by atoms with van der Waals surface area (Å²) in [5.41, 5.74) is 6.55. The van der Waals surface area contributed by atoms with Crippen LogP contribution in [0.3, 0.4) is 0 Å². The van der Waals surface area contributed by atoms with Gasteiger partial charge in [0.05, 0.1) is 5.69 Å². The first-order chi connectivity index (χ1) is 4.74. The first-order valence-electron chi connectivity index (χ1n) is 3.17. The molecule has 4 nitrogen and oxygen atoms in total. The normalized spacial score (nSPS) is 10.2. The van der Waals surface area contributed by atoms with Crippen molar-refractivity contribution in [2.24, 2.45) is 7.05 Å². The van der Waals surface area contributed by atoms with Gasteiger partial charge >= 0.3 is 0 Å². The Labute approximate surface area is 60.0 Å². The molecule has 0 aliphatic heterocycles. The zero-order chi connectivity index (χ0) is 7.56. The summed E-state index contributed by atoms with van der Waals surface area (Å²) in [5, 5.41) is 7.01. The second kappa shape index (κ2) is 2.70. The Hall–Kier alpha value is -1.03. The predicted octanol–water partition coefficient (Wildman–Crippen LogP) is -0.278. The average Bonchev–Trinajstić information content (AvgIpc) is 2.13. The largest absolute Gasteiger partial charge is 0.382 e. The van der Waals surface area contributed by atoms with Gasteiger partial charge in [-0.1, -0.05) is 0 Å². The van der Waals surface area contributed by atoms with Crippen molar-refractivity contribution in [1.29, 1.82) is 0 Å². The average molecular weight is 140 g/mol. The van der Waals surface area contributed by atoms with Gasteiger partial charge in [0, 0.05) is 19.7 Å². The molecule has 0 aliphatic rings. The van der Waals surface area contributed by atoms with E-state index in [-0.39, 0.29) is 0 Å². The van der Waals surface area contributed by atoms with Gasteiger partial charge in [-0.3, -0.25) is 4.68 Å². The lowest BCUT2D eigenvalue weighted by molar-refractivity contribution is 0.674. The van der Waals surface area contributed by atoms with E-state index in [4.69, 9.17) is 5.73 Å². The molecule has 0 saturated carbocycles. The molecule has 0 bridgehead atoms. The van der Waals surface area contributed by atoms with Gasteiger partial charge in [-0.2, -0.15) is 5.10 Å². The van der Waals surface area contributed by atoms with E-state index in [9.17, 15) is 0 Å². The van der Waals surface area contributed by atoms with Gasteiger partial charge in [-0.15, -0.1) is 0 Å². The molecule has 10 heavy (non-hydrogen) atoms. The van der Waals surface area contributed by atoms with Crippen LogP contribution in [0, 0.1) is 0 Å². The summed E-state index contributed by atoms with van der Waals surface area (Å²) in [7, 11) is 3.77. The van der Waals surface area contributed by atoms with Crippen LogP contribution in [0.25, 0.3) is 0 Å². The monoisotopic (exact) mass is 140 g/mol. The van der Waals surface area contributed by atoms with Crippen LogP contribution in [0.15, 0.2) is 6.07 Å². The van der Waals surface area contributed by atoms with E-state index in [2.05, 4.69) is 10.4 Å². The number of hydrogen-bond acceptors (Lipinski definition) is 3. The maximum Gasteiger partial charge on any atom is 0.145 e. The van der Waals surface area contributed by atoms with Crippen LogP contribution in [0.4, 0.5) is 5.82 Å². The Morgan fingerprint density at radius 2 is 2.50 bits per heavy atom. The topological polar surface area (TPSA) is 55.9 Å². The molecule has 1 heterocycles. The molecule has 1 aromatic heterocycles. The lowest BCUT2D eigenvalue weighted by Gasteiger charge is -1.97. The first-order valence-corrected chi connectivity index (χ1v) is 3.17. The molecule has 0 aromatic carbocycles. The fourth-order valence-electron chi connectivity index (χ4n) is 0.877. The van der Waals surface area contributed by atoms with Crippen LogP contribution in [0.5, 0.6) is 0 Å². The Bertz CT molecular complexity index is 216. The molecule has 0 fully saturated rings. The van der Waals surface area contributed by atoms with Crippen molar-refractivity contribution < 1.29 is 0 Å². The van der Waals surface area contributed by atoms with Gasteiger partial charge in [0.25, 0.3) is 0 Å². The Morgan fingerprint density at radius 3 is 2.90 bits per heavy atom. The molecule has 0 spiro atoms. The van der Waals surface area contributed by atoms with E-state index in [1.54, 1.807) is 4.68 Å². The van der Waals surface area contributed by atoms with Crippen LogP contribution >= 0.6 is 0 Å². The van der Waals surface area contributed by atoms with Crippen LogP contribution in [-0.2, 0) is 13.6 Å². The lowest BCUT2D eigenvalue weighted by Crippen LogP contribution is -2.09. The highest BCUT2D eigenvalue weighted by Crippen LogP contribution is 2.02. The Morgan fingerprint density at radius 1 is 1.80 bits per heavy atom. The number of hydrogen-bond donors (Lipinski definition) is 2. The molecule has 1 rings (SSSR count). The van der Waals surface area contributed by atoms with Gasteiger partial charge < -0.3 is 11.1 Å². The van der Waals surface area contributed by atoms with E-state index < -0.39 is 0 Å². The van der Waals surface area contributed by atoms with E-state index in [1.807, 2.05) is 20.2 Å². The Balaban J connectivity index is 2.81. The van der Waals surface area contributed by atoms with Crippen LogP contribution in [0.1, 0.15) is 5.69 Å². The third-order valence-electron chi connectivity index (χ3n) is 1.35. The number of aryl methyl sites for hydroxylation is 1. The highest BCUT2D eigenvalue weighted by molar-refractivity contribution is 5.29. The van der Waals surface area contributed by atoms with Gasteiger partial charge in [-0.05, 0) is 7.05 Å². The highest BCUT2D eigenvalue weighted by Gasteiger charge is 1.98. The third-order valence-corrected chi connectivity index (χ3v) is 1.35. The smallest absolute Gasteiger partial charge is 0.145 e. The molecule has 3 N–H and O–H groups in total. The van der Waals surface area contributed by atoms with E-state index in [0.717, 1.165) is 12.2 Å². The highest BCUT2D eigenvalue weighted by atomic mass is 15.3. The van der Waals surface area contributed by atoms with Gasteiger partial charge in [-0.25, -0.2) is 0 Å². The summed E-state index contributed by atoms with van der Waals surface area (Å²) in [6.45, 7) is 0.806. The number of rotatable bonds is 2. The number of nitrogens with one attached hydrogen (secondary N) is 1. The number of aromatic nitrogens is 2. The van der Waals surface area contributed by atoms with Crippen molar-refractivity contribution in [3.8, 4) is 0 Å². The summed E-state index contributed by atoms with van der Waals surface area (Å²) in [4.78, 5) is 0. The molecule has 0 atom stereocenters. The lowest BCUT2D eigenvalue weighted by atomic mass is 10.4. The molecular weight excluding hydrogens is 128 g/mol. The maximum absolute atomic E-state index is 5.45. The van der Waals surface area contributed by atoms with E-state index in [0.29, 0.717) is 5.82 Å². The van der Waals surface area contributed by atoms with Crippen molar-refractivity contribution in [3.05, 3.63) is 11.8 Å². The molecule has 0 unspecified atom stereocenters. The number of nitrogens with two attached hydrogens (primary N) is 1. The number of anilines is 1. The molecule has 0 radical (unpaired) electrons. The van der Waals surface area contributed by atoms with Gasteiger partial charge in [0.15, 0.2) is 0 Å². The van der Waals surface area contributed by atoms with Crippen LogP contribution in [-0.4, -0.2) is 16.8 Å². The fourth-order valence-corrected chi connectivity index (χ4v) is 0.877. The summed E-state index contributed by atoms with van der Waals surface area (Å²) in [6.07, 6.45) is 0. The Kier molecular flexibility index (Phi) is 1.91. The zero-order valence-electron chi connectivity index (χ0n) is 6.26. The van der Waals surface area contributed by atoms with Gasteiger partial charge in [0.1, 0.15) is 5.82 Å². The minimum Gasteiger partial charge on any atom is -0.382 e. The van der Waals surface area contributed by atoms with Crippen LogP contribution in [0.2, 0.25) is 0 Å². The van der Waals surface area contributed by atoms with Crippen molar-refractivity contribution in [1.82, 2.24) is 15.1 Å². The van der Waals surface area contributed by atoms with Crippen molar-refractivity contribution >= 4 is 5.82 Å². The van der Waals surface area contributed by atoms with Crippen molar-refractivity contribution in [2.75, 3.05) is 12.8 Å². The molecule has 1 aromatic rings. The quantitative estimate of drug-likeness (QED) is 0.594. The molecular formula is C6H12N4. The van der Waals surface area contributed by atoms with Gasteiger partial charge in [0.2, 0.25) is 0 Å². The standard InChI is InChI=1S/C6H12N4/c1-8-4-5-3-6(7)9-10(5)2/h3,8H,4H2,1-2H3,(H2,7,9).